The average molecular weight is 566 g/mol. The van der Waals surface area contributed by atoms with E-state index in [-0.39, 0.29) is 24.5 Å². The van der Waals surface area contributed by atoms with Crippen LogP contribution >= 0.6 is 11.8 Å². The van der Waals surface area contributed by atoms with E-state index in [1.54, 1.807) is 48.5 Å². The molecule has 1 unspecified atom stereocenters. The molecule has 2 aliphatic heterocycles. The van der Waals surface area contributed by atoms with Crippen LogP contribution in [-0.4, -0.2) is 73.1 Å². The molecule has 3 heterocycles. The number of aliphatic carboxylic acids is 1. The molecule has 3 amide bonds. The van der Waals surface area contributed by atoms with Crippen LogP contribution in [0.1, 0.15) is 12.5 Å². The normalized spacial score (nSPS) is 18.1. The lowest BCUT2D eigenvalue weighted by molar-refractivity contribution is -0.151. The zero-order chi connectivity index (χ0) is 28.6. The van der Waals surface area contributed by atoms with E-state index in [1.807, 2.05) is 0 Å². The van der Waals surface area contributed by atoms with Crippen molar-refractivity contribution >= 4 is 58.3 Å². The Kier molecular flexibility index (Phi) is 7.17. The van der Waals surface area contributed by atoms with Gasteiger partial charge in [0.25, 0.3) is 5.91 Å². The summed E-state index contributed by atoms with van der Waals surface area (Å²) in [6.07, 6.45) is -0.195. The summed E-state index contributed by atoms with van der Waals surface area (Å²) < 4.78 is 5.88. The van der Waals surface area contributed by atoms with E-state index in [4.69, 9.17) is 4.74 Å². The van der Waals surface area contributed by atoms with E-state index < -0.39 is 46.9 Å². The van der Waals surface area contributed by atoms with Crippen LogP contribution in [0.3, 0.4) is 0 Å². The van der Waals surface area contributed by atoms with Gasteiger partial charge >= 0.3 is 23.7 Å². The van der Waals surface area contributed by atoms with Crippen LogP contribution in [0, 0.1) is 0 Å². The van der Waals surface area contributed by atoms with Crippen LogP contribution in [0.4, 0.5) is 10.5 Å². The molecule has 14 heteroatoms. The fourth-order valence-electron chi connectivity index (χ4n) is 4.60. The summed E-state index contributed by atoms with van der Waals surface area (Å²) in [7, 11) is 0. The molecular formula is C26H23N5O8S. The highest BCUT2D eigenvalue weighted by atomic mass is 32.2. The molecule has 0 spiro atoms. The van der Waals surface area contributed by atoms with Gasteiger partial charge in [0.15, 0.2) is 0 Å². The van der Waals surface area contributed by atoms with Crippen molar-refractivity contribution in [2.45, 2.75) is 24.8 Å². The number of carbonyl (C=O) groups is 5. The number of esters is 1. The van der Waals surface area contributed by atoms with Gasteiger partial charge in [-0.25, -0.2) is 19.0 Å². The molecule has 13 nitrogen and oxygen atoms in total. The van der Waals surface area contributed by atoms with Gasteiger partial charge in [-0.1, -0.05) is 30.3 Å². The van der Waals surface area contributed by atoms with Crippen molar-refractivity contribution in [3.63, 3.8) is 0 Å². The summed E-state index contributed by atoms with van der Waals surface area (Å²) in [4.78, 5) is 77.9. The average Bonchev–Trinajstić information content (AvgIpc) is 3.26. The highest BCUT2D eigenvalue weighted by Crippen LogP contribution is 2.40. The van der Waals surface area contributed by atoms with Crippen molar-refractivity contribution in [1.82, 2.24) is 19.8 Å². The number of aromatic amines is 1. The van der Waals surface area contributed by atoms with Crippen molar-refractivity contribution in [1.29, 1.82) is 0 Å². The summed E-state index contributed by atoms with van der Waals surface area (Å²) in [5.74, 6) is -2.81. The number of para-hydroxylation sites is 3. The van der Waals surface area contributed by atoms with Crippen LogP contribution in [0.5, 0.6) is 0 Å². The van der Waals surface area contributed by atoms with Crippen LogP contribution in [0.2, 0.25) is 0 Å². The summed E-state index contributed by atoms with van der Waals surface area (Å²) in [5, 5.41) is 14.4. The first kappa shape index (κ1) is 26.7. The van der Waals surface area contributed by atoms with Crippen molar-refractivity contribution in [3.8, 4) is 0 Å². The van der Waals surface area contributed by atoms with E-state index in [1.165, 1.54) is 18.7 Å². The number of anilines is 1. The predicted octanol–water partition coefficient (Wildman–Crippen LogP) is 1.25. The Morgan fingerprint density at radius 2 is 1.82 bits per heavy atom. The van der Waals surface area contributed by atoms with E-state index in [0.29, 0.717) is 27.9 Å². The molecule has 2 aromatic carbocycles. The van der Waals surface area contributed by atoms with Crippen molar-refractivity contribution in [2.24, 2.45) is 0 Å². The van der Waals surface area contributed by atoms with Gasteiger partial charge in [-0.3, -0.25) is 19.3 Å². The number of imidazole rings is 1. The molecule has 1 fully saturated rings. The summed E-state index contributed by atoms with van der Waals surface area (Å²) >= 11 is 1.25. The summed E-state index contributed by atoms with van der Waals surface area (Å²) in [5.41, 5.74) is 1.06. The number of aromatic nitrogens is 2. The van der Waals surface area contributed by atoms with Gasteiger partial charge in [0.1, 0.15) is 23.7 Å². The molecule has 5 rings (SSSR count). The molecule has 2 aliphatic rings. The van der Waals surface area contributed by atoms with Crippen LogP contribution in [0.15, 0.2) is 64.6 Å². The van der Waals surface area contributed by atoms with Crippen LogP contribution in [-0.2, 0) is 30.3 Å². The van der Waals surface area contributed by atoms with E-state index in [9.17, 15) is 33.9 Å². The van der Waals surface area contributed by atoms with Gasteiger partial charge in [-0.2, -0.15) is 0 Å². The number of carboxylic acid groups (broad SMARTS) is 1. The number of nitrogens with one attached hydrogen (secondary N) is 3. The zero-order valence-corrected chi connectivity index (χ0v) is 21.8. The first-order valence-corrected chi connectivity index (χ1v) is 13.1. The SMILES string of the molecule is CC(=O)OCC1=C(C(=O)O)N2C(=O)C(NC(=O)Cc3ccccc3NC(=O)n3c(=O)[nH]c4ccccc43)[C@H]2SC1. The maximum atomic E-state index is 13.0. The molecular weight excluding hydrogens is 542 g/mol. The number of nitrogens with zero attached hydrogens (tertiary/aromatic N) is 2. The maximum absolute atomic E-state index is 13.0. The number of β-lactam (4-membered cyclic amide) rings is 1. The lowest BCUT2D eigenvalue weighted by atomic mass is 10.0. The van der Waals surface area contributed by atoms with Crippen molar-refractivity contribution in [2.75, 3.05) is 17.7 Å². The number of amides is 3. The first-order valence-electron chi connectivity index (χ1n) is 12.1. The molecule has 0 bridgehead atoms. The fraction of sp³-hybridized carbons (Fsp3) is 0.231. The smallest absolute Gasteiger partial charge is 0.352 e. The number of ether oxygens (including phenoxy) is 1. The number of hydrogen-bond acceptors (Lipinski definition) is 8. The second kappa shape index (κ2) is 10.7. The minimum absolute atomic E-state index is 0.195. The molecule has 1 saturated heterocycles. The number of carbonyl (C=O) groups excluding carboxylic acids is 4. The Hall–Kier alpha value is -4.85. The third-order valence-electron chi connectivity index (χ3n) is 6.42. The van der Waals surface area contributed by atoms with Crippen LogP contribution < -0.4 is 16.3 Å². The highest BCUT2D eigenvalue weighted by molar-refractivity contribution is 8.00. The van der Waals surface area contributed by atoms with Gasteiger partial charge in [0.2, 0.25) is 5.91 Å². The Labute approximate surface area is 230 Å². The number of rotatable bonds is 7. The monoisotopic (exact) mass is 565 g/mol. The minimum atomic E-state index is -1.33. The lowest BCUT2D eigenvalue weighted by Crippen LogP contribution is -2.70. The summed E-state index contributed by atoms with van der Waals surface area (Å²) in [6.45, 7) is 0.955. The fourth-order valence-corrected chi connectivity index (χ4v) is 5.93. The minimum Gasteiger partial charge on any atom is -0.477 e. The third-order valence-corrected chi connectivity index (χ3v) is 7.76. The Bertz CT molecular complexity index is 1660. The third kappa shape index (κ3) is 4.96. The van der Waals surface area contributed by atoms with Gasteiger partial charge in [-0.05, 0) is 23.8 Å². The zero-order valence-electron chi connectivity index (χ0n) is 21.0. The van der Waals surface area contributed by atoms with Gasteiger partial charge in [0, 0.05) is 23.9 Å². The highest BCUT2D eigenvalue weighted by Gasteiger charge is 2.54. The second-order valence-electron chi connectivity index (χ2n) is 9.04. The van der Waals surface area contributed by atoms with E-state index in [0.717, 1.165) is 9.47 Å². The molecule has 40 heavy (non-hydrogen) atoms. The number of hydrogen-bond donors (Lipinski definition) is 4. The summed E-state index contributed by atoms with van der Waals surface area (Å²) in [6, 6.07) is 11.6. The number of fused-ring (bicyclic) bond motifs is 2. The quantitative estimate of drug-likeness (QED) is 0.242. The molecule has 206 valence electrons. The predicted molar refractivity (Wildman–Crippen MR) is 143 cm³/mol. The van der Waals surface area contributed by atoms with Crippen LogP contribution in [0.25, 0.3) is 11.0 Å². The molecule has 0 aliphatic carbocycles. The van der Waals surface area contributed by atoms with Gasteiger partial charge < -0.3 is 25.5 Å². The molecule has 3 aromatic rings. The van der Waals surface area contributed by atoms with Gasteiger partial charge in [-0.15, -0.1) is 11.8 Å². The topological polar surface area (TPSA) is 180 Å². The lowest BCUT2D eigenvalue weighted by Gasteiger charge is -2.49. The largest absolute Gasteiger partial charge is 0.477 e. The number of H-pyrrole nitrogens is 1. The first-order chi connectivity index (χ1) is 19.2. The second-order valence-corrected chi connectivity index (χ2v) is 10.1. The number of thioether (sulfide) groups is 1. The Morgan fingerprint density at radius 1 is 1.10 bits per heavy atom. The number of carboxylic acids is 1. The van der Waals surface area contributed by atoms with E-state index >= 15 is 0 Å². The maximum Gasteiger partial charge on any atom is 0.352 e. The molecule has 1 aromatic heterocycles. The van der Waals surface area contributed by atoms with Gasteiger partial charge in [0.05, 0.1) is 17.5 Å². The standard InChI is InChI=1S/C26H23N5O8S/c1-13(32)39-11-15-12-40-23-20(22(34)31(23)21(15)24(35)36)29-19(33)10-14-6-2-3-7-16(14)27-25(37)30-18-9-5-4-8-17(18)28-26(30)38/h2-9,20,23H,10-12H2,1H3,(H,27,37)(H,28,38)(H,29,33)(H,35,36)/t20?,23-/m1/s1. The number of benzene rings is 2. The molecule has 2 atom stereocenters. The Morgan fingerprint density at radius 3 is 2.58 bits per heavy atom. The molecule has 4 N–H and O–H groups in total. The van der Waals surface area contributed by atoms with Crippen molar-refractivity contribution in [3.05, 3.63) is 75.8 Å². The molecule has 0 radical (unpaired) electrons. The van der Waals surface area contributed by atoms with E-state index in [2.05, 4.69) is 15.6 Å². The van der Waals surface area contributed by atoms with Crippen molar-refractivity contribution < 1.29 is 33.8 Å². The Balaban J connectivity index is 1.27. The molecule has 0 saturated carbocycles.